The molecule has 1 nitrogen and oxygen atoms in total. The first kappa shape index (κ1) is 30.4. The van der Waals surface area contributed by atoms with Gasteiger partial charge < -0.3 is 4.90 Å². The van der Waals surface area contributed by atoms with Crippen molar-refractivity contribution in [3.05, 3.63) is 200 Å². The van der Waals surface area contributed by atoms with E-state index in [0.29, 0.717) is 0 Å². The zero-order valence-electron chi connectivity index (χ0n) is 28.4. The molecule has 0 bridgehead atoms. The Kier molecular flexibility index (Phi) is 7.41. The smallest absolute Gasteiger partial charge is 0.0554 e. The van der Waals surface area contributed by atoms with Crippen molar-refractivity contribution in [2.45, 2.75) is 0 Å². The first-order valence-electron chi connectivity index (χ1n) is 17.7. The zero-order valence-corrected chi connectivity index (χ0v) is 29.2. The molecule has 0 radical (unpaired) electrons. The summed E-state index contributed by atoms with van der Waals surface area (Å²) >= 11 is 1.86. The van der Waals surface area contributed by atoms with Crippen molar-refractivity contribution < 1.29 is 0 Å². The normalized spacial score (nSPS) is 11.5. The molecule has 10 rings (SSSR count). The molecule has 0 N–H and O–H groups in total. The molecule has 0 aliphatic rings. The Morgan fingerprint density at radius 2 is 0.788 bits per heavy atom. The van der Waals surface area contributed by atoms with Crippen molar-refractivity contribution in [2.24, 2.45) is 0 Å². The minimum absolute atomic E-state index is 1.12. The largest absolute Gasteiger partial charge is 0.310 e. The third-order valence-electron chi connectivity index (χ3n) is 10.2. The Labute approximate surface area is 307 Å². The van der Waals surface area contributed by atoms with Gasteiger partial charge in [-0.2, -0.15) is 0 Å². The molecule has 0 saturated carbocycles. The van der Waals surface area contributed by atoms with Gasteiger partial charge in [0.25, 0.3) is 0 Å². The number of hydrogen-bond donors (Lipinski definition) is 0. The lowest BCUT2D eigenvalue weighted by Crippen LogP contribution is -2.10. The van der Waals surface area contributed by atoms with Crippen LogP contribution in [0.25, 0.3) is 75.1 Å². The predicted molar refractivity (Wildman–Crippen MR) is 225 cm³/mol. The van der Waals surface area contributed by atoms with Gasteiger partial charge in [-0.25, -0.2) is 0 Å². The fraction of sp³-hybridized carbons (Fsp3) is 0. The summed E-state index contributed by atoms with van der Waals surface area (Å²) in [5.74, 6) is 0. The van der Waals surface area contributed by atoms with Crippen molar-refractivity contribution in [1.29, 1.82) is 0 Å². The number of benzene rings is 9. The van der Waals surface area contributed by atoms with Crippen molar-refractivity contribution in [3.8, 4) is 33.4 Å². The molecule has 0 aliphatic carbocycles. The highest BCUT2D eigenvalue weighted by Crippen LogP contribution is 2.46. The Morgan fingerprint density at radius 3 is 1.38 bits per heavy atom. The molecule has 9 aromatic carbocycles. The summed E-state index contributed by atoms with van der Waals surface area (Å²) in [4.78, 5) is 2.43. The van der Waals surface area contributed by atoms with Crippen LogP contribution in [0.5, 0.6) is 0 Å². The number of fused-ring (bicyclic) bond motifs is 5. The topological polar surface area (TPSA) is 3.24 Å². The maximum Gasteiger partial charge on any atom is 0.0554 e. The minimum Gasteiger partial charge on any atom is -0.310 e. The van der Waals surface area contributed by atoms with E-state index in [4.69, 9.17) is 0 Å². The van der Waals surface area contributed by atoms with E-state index in [1.165, 1.54) is 80.8 Å². The van der Waals surface area contributed by atoms with Gasteiger partial charge in [0.1, 0.15) is 0 Å². The maximum absolute atomic E-state index is 2.43. The lowest BCUT2D eigenvalue weighted by atomic mass is 9.99. The summed E-state index contributed by atoms with van der Waals surface area (Å²) in [7, 11) is 0. The Bertz CT molecular complexity index is 2760. The summed E-state index contributed by atoms with van der Waals surface area (Å²) in [6.45, 7) is 0. The molecule has 0 unspecified atom stereocenters. The molecule has 1 aromatic heterocycles. The van der Waals surface area contributed by atoms with Crippen molar-refractivity contribution >= 4 is 70.1 Å². The van der Waals surface area contributed by atoms with Crippen LogP contribution >= 0.6 is 11.3 Å². The van der Waals surface area contributed by atoms with Gasteiger partial charge in [0.2, 0.25) is 0 Å². The van der Waals surface area contributed by atoms with Crippen LogP contribution in [0.15, 0.2) is 200 Å². The number of rotatable bonds is 6. The second kappa shape index (κ2) is 12.7. The standard InChI is InChI=1S/C50H33NS/c1-2-9-34(10-3-1)43-25-30-48-46(33-43)50-47(15-8-16-49(50)52-48)51(44-26-21-37(22-27-44)41-19-17-35-11-4-6-13-39(35)31-41)45-28-23-38(24-29-45)42-20-18-36-12-5-7-14-40(36)32-42/h1-33H. The van der Waals surface area contributed by atoms with Crippen LogP contribution in [0.2, 0.25) is 0 Å². The fourth-order valence-corrected chi connectivity index (χ4v) is 8.68. The molecule has 0 spiro atoms. The second-order valence-electron chi connectivity index (χ2n) is 13.4. The van der Waals surface area contributed by atoms with Crippen molar-refractivity contribution in [1.82, 2.24) is 0 Å². The van der Waals surface area contributed by atoms with Crippen LogP contribution in [0.1, 0.15) is 0 Å². The van der Waals surface area contributed by atoms with Crippen LogP contribution in [-0.2, 0) is 0 Å². The quantitative estimate of drug-likeness (QED) is 0.169. The average molecular weight is 680 g/mol. The van der Waals surface area contributed by atoms with Gasteiger partial charge in [0.15, 0.2) is 0 Å². The Hall–Kier alpha value is -6.48. The number of anilines is 3. The van der Waals surface area contributed by atoms with Crippen LogP contribution < -0.4 is 4.90 Å². The van der Waals surface area contributed by atoms with Gasteiger partial charge in [-0.15, -0.1) is 11.3 Å². The van der Waals surface area contributed by atoms with E-state index in [9.17, 15) is 0 Å². The van der Waals surface area contributed by atoms with Gasteiger partial charge in [0.05, 0.1) is 5.69 Å². The summed E-state index contributed by atoms with van der Waals surface area (Å²) in [5.41, 5.74) is 10.7. The van der Waals surface area contributed by atoms with E-state index < -0.39 is 0 Å². The molecule has 0 fully saturated rings. The number of nitrogens with zero attached hydrogens (tertiary/aromatic N) is 1. The van der Waals surface area contributed by atoms with Gasteiger partial charge in [-0.3, -0.25) is 0 Å². The van der Waals surface area contributed by atoms with Gasteiger partial charge in [0, 0.05) is 31.5 Å². The first-order chi connectivity index (χ1) is 25.7. The first-order valence-corrected chi connectivity index (χ1v) is 18.6. The highest BCUT2D eigenvalue weighted by atomic mass is 32.1. The summed E-state index contributed by atoms with van der Waals surface area (Å²) in [6.07, 6.45) is 0. The molecule has 0 atom stereocenters. The minimum atomic E-state index is 1.12. The second-order valence-corrected chi connectivity index (χ2v) is 14.5. The number of hydrogen-bond acceptors (Lipinski definition) is 2. The van der Waals surface area contributed by atoms with Gasteiger partial charge >= 0.3 is 0 Å². The molecule has 0 amide bonds. The molecule has 10 aromatic rings. The molecule has 52 heavy (non-hydrogen) atoms. The summed E-state index contributed by atoms with van der Waals surface area (Å²) < 4.78 is 2.57. The van der Waals surface area contributed by atoms with Crippen LogP contribution in [-0.4, -0.2) is 0 Å². The van der Waals surface area contributed by atoms with E-state index in [0.717, 1.165) is 11.4 Å². The van der Waals surface area contributed by atoms with E-state index in [1.54, 1.807) is 0 Å². The number of thiophene rings is 1. The summed E-state index contributed by atoms with van der Waals surface area (Å²) in [5, 5.41) is 7.58. The molecular weight excluding hydrogens is 647 g/mol. The molecule has 0 saturated heterocycles. The fourth-order valence-electron chi connectivity index (χ4n) is 7.58. The third-order valence-corrected chi connectivity index (χ3v) is 11.4. The molecule has 2 heteroatoms. The van der Waals surface area contributed by atoms with Crippen LogP contribution in [0.4, 0.5) is 17.1 Å². The monoisotopic (exact) mass is 679 g/mol. The summed E-state index contributed by atoms with van der Waals surface area (Å²) in [6, 6.07) is 73.0. The van der Waals surface area contributed by atoms with E-state index in [-0.39, 0.29) is 0 Å². The van der Waals surface area contributed by atoms with Crippen LogP contribution in [0.3, 0.4) is 0 Å². The Morgan fingerprint density at radius 1 is 0.308 bits per heavy atom. The van der Waals surface area contributed by atoms with E-state index in [1.807, 2.05) is 11.3 Å². The highest BCUT2D eigenvalue weighted by Gasteiger charge is 2.19. The van der Waals surface area contributed by atoms with Crippen LogP contribution in [0, 0.1) is 0 Å². The van der Waals surface area contributed by atoms with E-state index in [2.05, 4.69) is 205 Å². The molecule has 1 heterocycles. The molecule has 0 aliphatic heterocycles. The third kappa shape index (κ3) is 5.42. The van der Waals surface area contributed by atoms with Crippen molar-refractivity contribution in [2.75, 3.05) is 4.90 Å². The highest BCUT2D eigenvalue weighted by molar-refractivity contribution is 7.26. The SMILES string of the molecule is c1ccc(-c2ccc3sc4cccc(N(c5ccc(-c6ccc7ccccc7c6)cc5)c5ccc(-c6ccc7ccccc7c6)cc5)c4c3c2)cc1. The molecular formula is C50H33NS. The molecule has 244 valence electrons. The lowest BCUT2D eigenvalue weighted by Gasteiger charge is -2.27. The van der Waals surface area contributed by atoms with Gasteiger partial charge in [-0.1, -0.05) is 140 Å². The van der Waals surface area contributed by atoms with Crippen molar-refractivity contribution in [3.63, 3.8) is 0 Å². The van der Waals surface area contributed by atoms with Gasteiger partial charge in [-0.05, 0) is 116 Å². The maximum atomic E-state index is 2.43. The Balaban J connectivity index is 1.12. The lowest BCUT2D eigenvalue weighted by molar-refractivity contribution is 1.30. The predicted octanol–water partition coefficient (Wildman–Crippen LogP) is 14.8. The zero-order chi connectivity index (χ0) is 34.4. The van der Waals surface area contributed by atoms with E-state index >= 15 is 0 Å². The average Bonchev–Trinajstić information content (AvgIpc) is 3.60.